The van der Waals surface area contributed by atoms with Crippen LogP contribution in [-0.4, -0.2) is 12.4 Å². The van der Waals surface area contributed by atoms with Gasteiger partial charge in [-0.05, 0) is 30.7 Å². The Morgan fingerprint density at radius 2 is 1.12 bits per heavy atom. The van der Waals surface area contributed by atoms with E-state index in [0.717, 1.165) is 12.6 Å². The van der Waals surface area contributed by atoms with Crippen molar-refractivity contribution >= 4 is 12.4 Å². The molecule has 178 valence electrons. The fraction of sp³-hybridized carbons (Fsp3) is 0.700. The van der Waals surface area contributed by atoms with E-state index in [-0.39, 0.29) is 0 Å². The Morgan fingerprint density at radius 1 is 0.625 bits per heavy atom. The van der Waals surface area contributed by atoms with E-state index in [1.54, 1.807) is 0 Å². The summed E-state index contributed by atoms with van der Waals surface area (Å²) in [4.78, 5) is 9.37. The van der Waals surface area contributed by atoms with E-state index in [4.69, 9.17) is 0 Å². The minimum atomic E-state index is 0.501. The van der Waals surface area contributed by atoms with Gasteiger partial charge < -0.3 is 0 Å². The van der Waals surface area contributed by atoms with Crippen LogP contribution in [-0.2, 0) is 6.42 Å². The third-order valence-electron chi connectivity index (χ3n) is 7.02. The topological polar surface area (TPSA) is 24.7 Å². The molecule has 1 aromatic carbocycles. The molecule has 0 radical (unpaired) electrons. The van der Waals surface area contributed by atoms with Gasteiger partial charge in [0.1, 0.15) is 0 Å². The van der Waals surface area contributed by atoms with Gasteiger partial charge in [-0.15, -0.1) is 0 Å². The van der Waals surface area contributed by atoms with Gasteiger partial charge in [-0.1, -0.05) is 144 Å². The normalized spacial score (nSPS) is 14.9. The lowest BCUT2D eigenvalue weighted by Gasteiger charge is -2.26. The molecular formula is C30H49N2+. The maximum atomic E-state index is 4.68. The zero-order valence-corrected chi connectivity index (χ0v) is 21.1. The van der Waals surface area contributed by atoms with E-state index in [2.05, 4.69) is 54.2 Å². The van der Waals surface area contributed by atoms with Crippen LogP contribution in [0.25, 0.3) is 0 Å². The van der Waals surface area contributed by atoms with Crippen molar-refractivity contribution in [1.29, 1.82) is 0 Å². The van der Waals surface area contributed by atoms with Crippen molar-refractivity contribution in [2.45, 2.75) is 123 Å². The highest BCUT2D eigenvalue weighted by atomic mass is 15.0. The van der Waals surface area contributed by atoms with Crippen LogP contribution < -0.4 is 0 Å². The van der Waals surface area contributed by atoms with Crippen molar-refractivity contribution in [3.8, 4) is 0 Å². The second-order valence-electron chi connectivity index (χ2n) is 9.79. The molecule has 0 N–H and O–H groups in total. The predicted octanol–water partition coefficient (Wildman–Crippen LogP) is 9.39. The summed E-state index contributed by atoms with van der Waals surface area (Å²) in [5, 5.41) is 0. The molecule has 32 heavy (non-hydrogen) atoms. The Kier molecular flexibility index (Phi) is 14.9. The number of hydrogen-bond acceptors (Lipinski definition) is 2. The quantitative estimate of drug-likeness (QED) is 0.143. The molecule has 2 unspecified atom stereocenters. The minimum absolute atomic E-state index is 0.501. The molecule has 0 spiro atoms. The van der Waals surface area contributed by atoms with E-state index in [0.29, 0.717) is 11.8 Å². The van der Waals surface area contributed by atoms with Crippen LogP contribution in [0, 0.1) is 18.0 Å². The maximum absolute atomic E-state index is 4.68. The number of unbranched alkanes of at least 4 members (excludes halogenated alkanes) is 12. The molecule has 0 aliphatic carbocycles. The van der Waals surface area contributed by atoms with Crippen molar-refractivity contribution < 1.29 is 0 Å². The molecule has 0 aromatic heterocycles. The summed E-state index contributed by atoms with van der Waals surface area (Å²) < 4.78 is 0. The lowest BCUT2D eigenvalue weighted by Crippen LogP contribution is -2.22. The molecule has 1 aliphatic heterocycles. The molecule has 0 saturated carbocycles. The molecule has 2 atom stereocenters. The summed E-state index contributed by atoms with van der Waals surface area (Å²) in [6, 6.07) is 11.1. The SMILES string of the molecule is CCCCCCCCCCCC([C+]1N=CC=N1)C(CCCCCCC)Cc1ccccc1. The fourth-order valence-corrected chi connectivity index (χ4v) is 5.07. The molecule has 0 bridgehead atoms. The molecule has 2 nitrogen and oxygen atoms in total. The van der Waals surface area contributed by atoms with Gasteiger partial charge in [0.25, 0.3) is 0 Å². The van der Waals surface area contributed by atoms with Gasteiger partial charge in [0, 0.05) is 0 Å². The molecule has 2 heteroatoms. The molecule has 1 heterocycles. The van der Waals surface area contributed by atoms with Gasteiger partial charge in [0.15, 0.2) is 12.4 Å². The first-order chi connectivity index (χ1) is 15.8. The highest BCUT2D eigenvalue weighted by Crippen LogP contribution is 2.37. The fourth-order valence-electron chi connectivity index (χ4n) is 5.07. The first kappa shape index (κ1) is 26.7. The summed E-state index contributed by atoms with van der Waals surface area (Å²) in [6.45, 7) is 4.59. The standard InChI is InChI=1S/C30H49N2/c1-3-5-7-9-10-11-12-14-19-23-29(30-31-24-25-32-30)28(22-18-13-8-6-4-2)26-27-20-16-15-17-21-27/h15-17,20-21,24-25,28-29H,3-14,18-19,22-23,26H2,1-2H3/q+1. The molecule has 0 fully saturated rings. The zero-order chi connectivity index (χ0) is 22.7. The molecule has 0 amide bonds. The average molecular weight is 438 g/mol. The highest BCUT2D eigenvalue weighted by Gasteiger charge is 2.35. The Labute approximate surface area is 199 Å². The smallest absolute Gasteiger partial charge is 0.0965 e. The van der Waals surface area contributed by atoms with Crippen LogP contribution in [0.2, 0.25) is 0 Å². The largest absolute Gasteiger partial charge is 0.244 e. The molecule has 1 aromatic rings. The van der Waals surface area contributed by atoms with Crippen molar-refractivity contribution in [3.05, 3.63) is 42.1 Å². The van der Waals surface area contributed by atoms with Crippen LogP contribution in [0.1, 0.15) is 122 Å². The van der Waals surface area contributed by atoms with Gasteiger partial charge in [-0.3, -0.25) is 0 Å². The Balaban J connectivity index is 1.86. The Bertz CT molecular complexity index is 595. The number of rotatable bonds is 20. The average Bonchev–Trinajstić information content (AvgIpc) is 3.35. The zero-order valence-electron chi connectivity index (χ0n) is 21.1. The summed E-state index contributed by atoms with van der Waals surface area (Å²) >= 11 is 0. The third kappa shape index (κ3) is 11.3. The van der Waals surface area contributed by atoms with E-state index < -0.39 is 0 Å². The van der Waals surface area contributed by atoms with Crippen molar-refractivity contribution in [2.24, 2.45) is 21.8 Å². The van der Waals surface area contributed by atoms with Crippen LogP contribution in [0.15, 0.2) is 40.3 Å². The predicted molar refractivity (Wildman–Crippen MR) is 143 cm³/mol. The first-order valence-electron chi connectivity index (χ1n) is 13.8. The van der Waals surface area contributed by atoms with Gasteiger partial charge >= 0.3 is 0 Å². The molecule has 1 aliphatic rings. The van der Waals surface area contributed by atoms with Crippen LogP contribution in [0.3, 0.4) is 0 Å². The lowest BCUT2D eigenvalue weighted by atomic mass is 9.78. The molecular weight excluding hydrogens is 388 g/mol. The minimum Gasteiger partial charge on any atom is -0.0965 e. The number of hydrogen-bond donors (Lipinski definition) is 0. The summed E-state index contributed by atoms with van der Waals surface area (Å²) in [5.74, 6) is 1.15. The molecule has 0 saturated heterocycles. The first-order valence-corrected chi connectivity index (χ1v) is 13.8. The van der Waals surface area contributed by atoms with E-state index in [1.165, 1.54) is 108 Å². The van der Waals surface area contributed by atoms with Crippen LogP contribution >= 0.6 is 0 Å². The van der Waals surface area contributed by atoms with Gasteiger partial charge in [0.2, 0.25) is 6.17 Å². The summed E-state index contributed by atoms with van der Waals surface area (Å²) in [5.41, 5.74) is 1.47. The van der Waals surface area contributed by atoms with Gasteiger partial charge in [-0.25, -0.2) is 0 Å². The van der Waals surface area contributed by atoms with Gasteiger partial charge in [0.05, 0.1) is 5.92 Å². The number of aliphatic imine (C=N–C) groups is 2. The van der Waals surface area contributed by atoms with Crippen molar-refractivity contribution in [2.75, 3.05) is 0 Å². The third-order valence-corrected chi connectivity index (χ3v) is 7.02. The van der Waals surface area contributed by atoms with E-state index >= 15 is 0 Å². The van der Waals surface area contributed by atoms with E-state index in [9.17, 15) is 0 Å². The van der Waals surface area contributed by atoms with Crippen molar-refractivity contribution in [3.63, 3.8) is 0 Å². The van der Waals surface area contributed by atoms with Crippen LogP contribution in [0.4, 0.5) is 0 Å². The Morgan fingerprint density at radius 3 is 1.69 bits per heavy atom. The second-order valence-corrected chi connectivity index (χ2v) is 9.79. The number of nitrogens with zero attached hydrogens (tertiary/aromatic N) is 2. The number of benzene rings is 1. The maximum Gasteiger partial charge on any atom is 0.244 e. The Hall–Kier alpha value is -1.57. The van der Waals surface area contributed by atoms with Crippen LogP contribution in [0.5, 0.6) is 0 Å². The second kappa shape index (κ2) is 17.9. The van der Waals surface area contributed by atoms with E-state index in [1.807, 2.05) is 12.4 Å². The summed E-state index contributed by atoms with van der Waals surface area (Å²) in [7, 11) is 0. The monoisotopic (exact) mass is 437 g/mol. The highest BCUT2D eigenvalue weighted by molar-refractivity contribution is 6.18. The summed E-state index contributed by atoms with van der Waals surface area (Å²) in [6.07, 6.45) is 27.8. The molecule has 2 rings (SSSR count). The van der Waals surface area contributed by atoms with Gasteiger partial charge in [-0.2, -0.15) is 0 Å². The van der Waals surface area contributed by atoms with Crippen molar-refractivity contribution in [1.82, 2.24) is 0 Å². The lowest BCUT2D eigenvalue weighted by molar-refractivity contribution is 0.284.